The van der Waals surface area contributed by atoms with Gasteiger partial charge in [0.1, 0.15) is 0 Å². The Hall–Kier alpha value is -1.85. The molecule has 0 amide bonds. The molecule has 0 atom stereocenters. The maximum absolute atomic E-state index is 12.1. The lowest BCUT2D eigenvalue weighted by molar-refractivity contribution is -0.136. The molecule has 1 aromatic heterocycles. The van der Waals surface area contributed by atoms with Crippen LogP contribution in [0.3, 0.4) is 0 Å². The number of carboxylic acid groups (broad SMARTS) is 1. The molecule has 106 valence electrons. The molecule has 1 heterocycles. The molecule has 0 aliphatic rings. The number of nitrogens with zero attached hydrogens (tertiary/aromatic N) is 1. The number of aromatic nitrogens is 1. The first-order valence-electron chi connectivity index (χ1n) is 6.10. The lowest BCUT2D eigenvalue weighted by Gasteiger charge is -2.17. The van der Waals surface area contributed by atoms with Crippen molar-refractivity contribution in [2.75, 3.05) is 6.61 Å². The summed E-state index contributed by atoms with van der Waals surface area (Å²) in [7, 11) is 0. The van der Waals surface area contributed by atoms with Crippen LogP contribution in [-0.2, 0) is 17.8 Å². The van der Waals surface area contributed by atoms with Crippen LogP contribution in [0.15, 0.2) is 23.0 Å². The first-order chi connectivity index (χ1) is 9.45. The molecule has 2 aromatic rings. The van der Waals surface area contributed by atoms with Gasteiger partial charge in [0.2, 0.25) is 0 Å². The molecule has 2 N–H and O–H groups in total. The van der Waals surface area contributed by atoms with E-state index in [-0.39, 0.29) is 25.0 Å². The van der Waals surface area contributed by atoms with Gasteiger partial charge in [0.15, 0.2) is 5.43 Å². The number of aryl methyl sites for hydroxylation is 1. The fourth-order valence-electron chi connectivity index (χ4n) is 2.33. The molecular weight excluding hydrogens is 282 g/mol. The number of fused-ring (bicyclic) bond motifs is 1. The molecule has 1 aromatic carbocycles. The summed E-state index contributed by atoms with van der Waals surface area (Å²) in [6, 6.07) is 4.56. The van der Waals surface area contributed by atoms with E-state index in [1.165, 1.54) is 6.07 Å². The second-order valence-electron chi connectivity index (χ2n) is 4.51. The van der Waals surface area contributed by atoms with E-state index in [4.69, 9.17) is 16.7 Å². The predicted molar refractivity (Wildman–Crippen MR) is 76.4 cm³/mol. The molecule has 6 heteroatoms. The van der Waals surface area contributed by atoms with Gasteiger partial charge in [-0.05, 0) is 24.6 Å². The third kappa shape index (κ3) is 2.55. The molecule has 20 heavy (non-hydrogen) atoms. The van der Waals surface area contributed by atoms with Crippen LogP contribution < -0.4 is 5.43 Å². The number of halogens is 1. The maximum atomic E-state index is 12.1. The molecule has 0 aliphatic carbocycles. The zero-order valence-electron chi connectivity index (χ0n) is 10.9. The van der Waals surface area contributed by atoms with Gasteiger partial charge >= 0.3 is 5.97 Å². The van der Waals surface area contributed by atoms with Crippen LogP contribution in [0.4, 0.5) is 0 Å². The number of aliphatic hydroxyl groups is 1. The topological polar surface area (TPSA) is 79.5 Å². The van der Waals surface area contributed by atoms with E-state index in [9.17, 15) is 14.7 Å². The highest BCUT2D eigenvalue weighted by molar-refractivity contribution is 6.32. The van der Waals surface area contributed by atoms with Crippen LogP contribution in [0.25, 0.3) is 10.9 Å². The average Bonchev–Trinajstić information content (AvgIpc) is 2.37. The fraction of sp³-hybridized carbons (Fsp3) is 0.286. The molecule has 5 nitrogen and oxygen atoms in total. The molecular formula is C14H14ClNO4. The van der Waals surface area contributed by atoms with Gasteiger partial charge in [-0.2, -0.15) is 0 Å². The molecule has 0 radical (unpaired) electrons. The molecule has 0 spiro atoms. The van der Waals surface area contributed by atoms with Crippen LogP contribution in [0, 0.1) is 6.92 Å². The summed E-state index contributed by atoms with van der Waals surface area (Å²) in [5, 5.41) is 19.1. The summed E-state index contributed by atoms with van der Waals surface area (Å²) in [5.74, 6) is -1.03. The van der Waals surface area contributed by atoms with E-state index >= 15 is 0 Å². The van der Waals surface area contributed by atoms with Crippen molar-refractivity contribution in [2.24, 2.45) is 0 Å². The van der Waals surface area contributed by atoms with Crippen LogP contribution >= 0.6 is 11.6 Å². The van der Waals surface area contributed by atoms with Crippen LogP contribution in [0.5, 0.6) is 0 Å². The maximum Gasteiger partial charge on any atom is 0.309 e. The Morgan fingerprint density at radius 1 is 1.40 bits per heavy atom. The Morgan fingerprint density at radius 2 is 2.10 bits per heavy atom. The largest absolute Gasteiger partial charge is 0.481 e. The quantitative estimate of drug-likeness (QED) is 0.897. The molecule has 0 fully saturated rings. The average molecular weight is 296 g/mol. The van der Waals surface area contributed by atoms with E-state index in [1.54, 1.807) is 23.6 Å². The normalized spacial score (nSPS) is 10.9. The third-order valence-corrected chi connectivity index (χ3v) is 3.61. The Labute approximate surface area is 120 Å². The van der Waals surface area contributed by atoms with Crippen molar-refractivity contribution in [3.63, 3.8) is 0 Å². The van der Waals surface area contributed by atoms with Crippen molar-refractivity contribution in [1.82, 2.24) is 4.57 Å². The minimum Gasteiger partial charge on any atom is -0.481 e. The number of rotatable bonds is 4. The first-order valence-corrected chi connectivity index (χ1v) is 6.47. The highest BCUT2D eigenvalue weighted by Gasteiger charge is 2.14. The van der Waals surface area contributed by atoms with E-state index in [0.29, 0.717) is 27.2 Å². The van der Waals surface area contributed by atoms with Gasteiger partial charge in [-0.15, -0.1) is 0 Å². The molecule has 0 saturated heterocycles. The summed E-state index contributed by atoms with van der Waals surface area (Å²) in [6.07, 6.45) is -0.281. The Morgan fingerprint density at radius 3 is 2.70 bits per heavy atom. The zero-order chi connectivity index (χ0) is 14.9. The first kappa shape index (κ1) is 14.6. The van der Waals surface area contributed by atoms with Crippen molar-refractivity contribution in [2.45, 2.75) is 19.9 Å². The highest BCUT2D eigenvalue weighted by atomic mass is 35.5. The van der Waals surface area contributed by atoms with Crippen molar-refractivity contribution in [3.05, 3.63) is 44.7 Å². The SMILES string of the molecule is Cc1c(Cl)ccc2c(=O)cc(CC(=O)O)n(CCO)c12. The van der Waals surface area contributed by atoms with Crippen molar-refractivity contribution in [3.8, 4) is 0 Å². The van der Waals surface area contributed by atoms with Crippen LogP contribution in [0.1, 0.15) is 11.3 Å². The van der Waals surface area contributed by atoms with E-state index < -0.39 is 5.97 Å². The minimum absolute atomic E-state index is 0.156. The predicted octanol–water partition coefficient (Wildman–Crippen LogP) is 1.58. The summed E-state index contributed by atoms with van der Waals surface area (Å²) in [5.41, 5.74) is 1.39. The number of aliphatic carboxylic acids is 1. The van der Waals surface area contributed by atoms with Crippen LogP contribution in [-0.4, -0.2) is 27.4 Å². The summed E-state index contributed by atoms with van der Waals surface area (Å²) in [4.78, 5) is 23.0. The van der Waals surface area contributed by atoms with Gasteiger partial charge in [0.25, 0.3) is 0 Å². The molecule has 0 unspecified atom stereocenters. The molecule has 0 aliphatic heterocycles. The molecule has 0 bridgehead atoms. The number of hydrogen-bond donors (Lipinski definition) is 2. The van der Waals surface area contributed by atoms with Crippen molar-refractivity contribution < 1.29 is 15.0 Å². The zero-order valence-corrected chi connectivity index (χ0v) is 11.6. The van der Waals surface area contributed by atoms with Gasteiger partial charge in [0.05, 0.1) is 18.5 Å². The Kier molecular flexibility index (Phi) is 4.11. The number of aliphatic hydroxyl groups excluding tert-OH is 1. The van der Waals surface area contributed by atoms with Gasteiger partial charge in [-0.25, -0.2) is 0 Å². The lowest BCUT2D eigenvalue weighted by Crippen LogP contribution is -2.19. The van der Waals surface area contributed by atoms with Crippen molar-refractivity contribution >= 4 is 28.5 Å². The van der Waals surface area contributed by atoms with E-state index in [2.05, 4.69) is 0 Å². The fourth-order valence-corrected chi connectivity index (χ4v) is 2.48. The number of benzene rings is 1. The molecule has 2 rings (SSSR count). The smallest absolute Gasteiger partial charge is 0.309 e. The van der Waals surface area contributed by atoms with Gasteiger partial charge in [-0.3, -0.25) is 9.59 Å². The van der Waals surface area contributed by atoms with Crippen molar-refractivity contribution in [1.29, 1.82) is 0 Å². The Bertz CT molecular complexity index is 736. The summed E-state index contributed by atoms with van der Waals surface area (Å²) in [6.45, 7) is 1.82. The van der Waals surface area contributed by atoms with Gasteiger partial charge in [0, 0.05) is 28.7 Å². The summed E-state index contributed by atoms with van der Waals surface area (Å²) >= 11 is 6.08. The number of carbonyl (C=O) groups is 1. The second kappa shape index (κ2) is 5.64. The minimum atomic E-state index is -1.03. The number of carboxylic acids is 1. The standard InChI is InChI=1S/C14H14ClNO4/c1-8-11(15)3-2-10-12(18)6-9(7-13(19)20)16(4-5-17)14(8)10/h2-3,6,17H,4-5,7H2,1H3,(H,19,20). The van der Waals surface area contributed by atoms with Gasteiger partial charge < -0.3 is 14.8 Å². The summed E-state index contributed by atoms with van der Waals surface area (Å²) < 4.78 is 1.64. The highest BCUT2D eigenvalue weighted by Crippen LogP contribution is 2.24. The van der Waals surface area contributed by atoms with Gasteiger partial charge in [-0.1, -0.05) is 11.6 Å². The monoisotopic (exact) mass is 295 g/mol. The number of pyridine rings is 1. The van der Waals surface area contributed by atoms with E-state index in [0.717, 1.165) is 0 Å². The van der Waals surface area contributed by atoms with E-state index in [1.807, 2.05) is 0 Å². The number of hydrogen-bond acceptors (Lipinski definition) is 3. The Balaban J connectivity index is 2.88. The molecule has 0 saturated carbocycles. The van der Waals surface area contributed by atoms with Crippen LogP contribution in [0.2, 0.25) is 5.02 Å². The lowest BCUT2D eigenvalue weighted by atomic mass is 10.1. The third-order valence-electron chi connectivity index (χ3n) is 3.20. The second-order valence-corrected chi connectivity index (χ2v) is 4.92.